The van der Waals surface area contributed by atoms with E-state index in [0.717, 1.165) is 45.0 Å². The summed E-state index contributed by atoms with van der Waals surface area (Å²) in [6, 6.07) is 15.2. The molecule has 0 amide bonds. The van der Waals surface area contributed by atoms with E-state index in [1.165, 1.54) is 11.1 Å². The molecule has 1 heterocycles. The lowest BCUT2D eigenvalue weighted by atomic mass is 10.1. The highest BCUT2D eigenvalue weighted by molar-refractivity contribution is 5.79. The zero-order valence-electron chi connectivity index (χ0n) is 16.9. The number of nitrogens with one attached hydrogen (secondary N) is 2. The van der Waals surface area contributed by atoms with Crippen LogP contribution in [-0.4, -0.2) is 48.6 Å². The summed E-state index contributed by atoms with van der Waals surface area (Å²) in [5.41, 5.74) is 2.58. The van der Waals surface area contributed by atoms with Gasteiger partial charge < -0.3 is 10.6 Å². The van der Waals surface area contributed by atoms with Crippen molar-refractivity contribution < 1.29 is 0 Å². The second-order valence-electron chi connectivity index (χ2n) is 6.84. The molecule has 0 fully saturated rings. The maximum absolute atomic E-state index is 4.73. The summed E-state index contributed by atoms with van der Waals surface area (Å²) in [5, 5.41) is 6.73. The third-order valence-electron chi connectivity index (χ3n) is 4.62. The molecule has 27 heavy (non-hydrogen) atoms. The van der Waals surface area contributed by atoms with Gasteiger partial charge in [-0.1, -0.05) is 36.4 Å². The second-order valence-corrected chi connectivity index (χ2v) is 6.84. The van der Waals surface area contributed by atoms with Crippen molar-refractivity contribution in [2.45, 2.75) is 39.3 Å². The molecule has 0 aliphatic rings. The highest BCUT2D eigenvalue weighted by Gasteiger charge is 2.09. The molecule has 1 aromatic heterocycles. The Hall–Kier alpha value is -2.40. The average molecular weight is 368 g/mol. The van der Waals surface area contributed by atoms with Crippen molar-refractivity contribution in [3.63, 3.8) is 0 Å². The number of nitrogens with zero attached hydrogens (tertiary/aromatic N) is 3. The molecule has 0 bridgehead atoms. The molecule has 0 aliphatic carbocycles. The van der Waals surface area contributed by atoms with Crippen molar-refractivity contribution in [3.05, 3.63) is 66.0 Å². The lowest BCUT2D eigenvalue weighted by molar-refractivity contribution is 0.240. The van der Waals surface area contributed by atoms with E-state index in [1.54, 1.807) is 6.20 Å². The van der Waals surface area contributed by atoms with Crippen LogP contribution in [-0.2, 0) is 13.0 Å². The molecule has 5 heteroatoms. The van der Waals surface area contributed by atoms with Gasteiger partial charge in [0, 0.05) is 44.6 Å². The molecule has 146 valence electrons. The number of pyridine rings is 1. The topological polar surface area (TPSA) is 52.6 Å². The monoisotopic (exact) mass is 367 g/mol. The van der Waals surface area contributed by atoms with Gasteiger partial charge in [0.2, 0.25) is 0 Å². The summed E-state index contributed by atoms with van der Waals surface area (Å²) in [6.45, 7) is 7.84. The van der Waals surface area contributed by atoms with E-state index in [0.29, 0.717) is 6.04 Å². The number of guanidine groups is 1. The van der Waals surface area contributed by atoms with Crippen LogP contribution in [0.5, 0.6) is 0 Å². The molecule has 2 N–H and O–H groups in total. The zero-order chi connectivity index (χ0) is 19.3. The number of hydrogen-bond donors (Lipinski definition) is 2. The van der Waals surface area contributed by atoms with Crippen LogP contribution in [0.2, 0.25) is 0 Å². The van der Waals surface area contributed by atoms with Crippen LogP contribution in [0.3, 0.4) is 0 Å². The first-order chi connectivity index (χ1) is 13.2. The quantitative estimate of drug-likeness (QED) is 0.500. The SMILES string of the molecule is CCNC(=NCCC(C)N(C)Cc1ccccc1)NCCc1cccnc1. The highest BCUT2D eigenvalue weighted by atomic mass is 15.2. The van der Waals surface area contributed by atoms with E-state index in [1.807, 2.05) is 12.3 Å². The van der Waals surface area contributed by atoms with Crippen molar-refractivity contribution in [1.82, 2.24) is 20.5 Å². The van der Waals surface area contributed by atoms with Crippen LogP contribution in [0, 0.1) is 0 Å². The van der Waals surface area contributed by atoms with E-state index >= 15 is 0 Å². The summed E-state index contributed by atoms with van der Waals surface area (Å²) in [7, 11) is 2.18. The van der Waals surface area contributed by atoms with Crippen molar-refractivity contribution in [3.8, 4) is 0 Å². The van der Waals surface area contributed by atoms with Gasteiger partial charge in [-0.2, -0.15) is 0 Å². The van der Waals surface area contributed by atoms with Crippen molar-refractivity contribution in [1.29, 1.82) is 0 Å². The first kappa shape index (κ1) is 20.9. The van der Waals surface area contributed by atoms with E-state index in [9.17, 15) is 0 Å². The Labute approximate surface area is 163 Å². The lowest BCUT2D eigenvalue weighted by Crippen LogP contribution is -2.38. The molecular formula is C22H33N5. The molecule has 5 nitrogen and oxygen atoms in total. The molecule has 0 spiro atoms. The number of rotatable bonds is 10. The third kappa shape index (κ3) is 8.22. The molecule has 2 aromatic rings. The Morgan fingerprint density at radius 2 is 1.89 bits per heavy atom. The number of benzene rings is 1. The molecule has 2 rings (SSSR count). The van der Waals surface area contributed by atoms with Gasteiger partial charge in [-0.05, 0) is 50.9 Å². The van der Waals surface area contributed by atoms with Gasteiger partial charge in [0.15, 0.2) is 5.96 Å². The standard InChI is InChI=1S/C22H33N5/c1-4-24-22(26-16-13-20-11-8-14-23-17-20)25-15-12-19(2)27(3)18-21-9-6-5-7-10-21/h5-11,14,17,19H,4,12-13,15-16,18H2,1-3H3,(H2,24,25,26). The van der Waals surface area contributed by atoms with Crippen molar-refractivity contribution >= 4 is 5.96 Å². The van der Waals surface area contributed by atoms with Crippen LogP contribution in [0.1, 0.15) is 31.4 Å². The van der Waals surface area contributed by atoms with E-state index < -0.39 is 0 Å². The predicted molar refractivity (Wildman–Crippen MR) is 114 cm³/mol. The van der Waals surface area contributed by atoms with Crippen molar-refractivity contribution in [2.24, 2.45) is 4.99 Å². The van der Waals surface area contributed by atoms with E-state index in [2.05, 4.69) is 77.8 Å². The van der Waals surface area contributed by atoms with Crippen LogP contribution in [0.4, 0.5) is 0 Å². The van der Waals surface area contributed by atoms with Gasteiger partial charge >= 0.3 is 0 Å². The van der Waals surface area contributed by atoms with Gasteiger partial charge in [-0.15, -0.1) is 0 Å². The minimum Gasteiger partial charge on any atom is -0.357 e. The van der Waals surface area contributed by atoms with E-state index in [-0.39, 0.29) is 0 Å². The molecule has 0 saturated carbocycles. The first-order valence-corrected chi connectivity index (χ1v) is 9.84. The minimum absolute atomic E-state index is 0.479. The fourth-order valence-electron chi connectivity index (χ4n) is 2.82. The molecule has 1 atom stereocenters. The second kappa shape index (κ2) is 12.1. The normalized spacial score (nSPS) is 12.8. The first-order valence-electron chi connectivity index (χ1n) is 9.84. The third-order valence-corrected chi connectivity index (χ3v) is 4.62. The summed E-state index contributed by atoms with van der Waals surface area (Å²) >= 11 is 0. The van der Waals surface area contributed by atoms with Gasteiger partial charge in [-0.25, -0.2) is 0 Å². The molecule has 0 saturated heterocycles. The average Bonchev–Trinajstić information content (AvgIpc) is 2.69. The Morgan fingerprint density at radius 1 is 1.11 bits per heavy atom. The largest absolute Gasteiger partial charge is 0.357 e. The van der Waals surface area contributed by atoms with Crippen LogP contribution < -0.4 is 10.6 Å². The van der Waals surface area contributed by atoms with Crippen LogP contribution in [0.25, 0.3) is 0 Å². The summed E-state index contributed by atoms with van der Waals surface area (Å²) in [5.74, 6) is 0.888. The van der Waals surface area contributed by atoms with Crippen LogP contribution in [0.15, 0.2) is 59.9 Å². The number of aromatic nitrogens is 1. The number of aliphatic imine (C=N–C) groups is 1. The van der Waals surface area contributed by atoms with Gasteiger partial charge in [0.25, 0.3) is 0 Å². The predicted octanol–water partition coefficient (Wildman–Crippen LogP) is 3.09. The Balaban J connectivity index is 1.74. The van der Waals surface area contributed by atoms with Crippen molar-refractivity contribution in [2.75, 3.05) is 26.7 Å². The maximum Gasteiger partial charge on any atom is 0.191 e. The van der Waals surface area contributed by atoms with Crippen LogP contribution >= 0.6 is 0 Å². The Kier molecular flexibility index (Phi) is 9.35. The zero-order valence-corrected chi connectivity index (χ0v) is 16.9. The van der Waals surface area contributed by atoms with Gasteiger partial charge in [-0.3, -0.25) is 14.9 Å². The van der Waals surface area contributed by atoms with Gasteiger partial charge in [0.1, 0.15) is 0 Å². The highest BCUT2D eigenvalue weighted by Crippen LogP contribution is 2.08. The van der Waals surface area contributed by atoms with Gasteiger partial charge in [0.05, 0.1) is 0 Å². The molecule has 1 aromatic carbocycles. The molecular weight excluding hydrogens is 334 g/mol. The fourth-order valence-corrected chi connectivity index (χ4v) is 2.82. The summed E-state index contributed by atoms with van der Waals surface area (Å²) < 4.78 is 0. The fraction of sp³-hybridized carbons (Fsp3) is 0.455. The lowest BCUT2D eigenvalue weighted by Gasteiger charge is -2.24. The Morgan fingerprint density at radius 3 is 2.59 bits per heavy atom. The minimum atomic E-state index is 0.479. The molecule has 0 aliphatic heterocycles. The molecule has 0 radical (unpaired) electrons. The summed E-state index contributed by atoms with van der Waals surface area (Å²) in [6.07, 6.45) is 5.69. The summed E-state index contributed by atoms with van der Waals surface area (Å²) in [4.78, 5) is 11.3. The maximum atomic E-state index is 4.73. The van der Waals surface area contributed by atoms with E-state index in [4.69, 9.17) is 4.99 Å². The number of hydrogen-bond acceptors (Lipinski definition) is 3. The smallest absolute Gasteiger partial charge is 0.191 e. The molecule has 1 unspecified atom stereocenters. The Bertz CT molecular complexity index is 657.